The van der Waals surface area contributed by atoms with Gasteiger partial charge in [0.2, 0.25) is 5.69 Å². The van der Waals surface area contributed by atoms with Crippen molar-refractivity contribution in [3.63, 3.8) is 0 Å². The number of rotatable bonds is 14. The normalized spacial score (nSPS) is 21.3. The fourth-order valence-electron chi connectivity index (χ4n) is 6.88. The predicted octanol–water partition coefficient (Wildman–Crippen LogP) is 4.34. The molecule has 0 saturated heterocycles. The van der Waals surface area contributed by atoms with Gasteiger partial charge in [0.1, 0.15) is 9.79 Å². The number of fused-ring (bicyclic) bond motifs is 2. The van der Waals surface area contributed by atoms with Crippen molar-refractivity contribution in [1.29, 1.82) is 0 Å². The van der Waals surface area contributed by atoms with Crippen LogP contribution in [0.3, 0.4) is 0 Å². The van der Waals surface area contributed by atoms with Crippen molar-refractivity contribution in [3.05, 3.63) is 85.8 Å². The summed E-state index contributed by atoms with van der Waals surface area (Å²) in [4.78, 5) is 11.8. The van der Waals surface area contributed by atoms with Crippen LogP contribution in [0.2, 0.25) is 0 Å². The van der Waals surface area contributed by atoms with Crippen molar-refractivity contribution in [1.82, 2.24) is 0 Å². The maximum atomic E-state index is 12.7. The molecular weight excluding hydrogens is 1330 g/mol. The highest BCUT2D eigenvalue weighted by Gasteiger charge is 2.53. The minimum absolute atomic E-state index is 0.0102. The number of hydrogen-bond acceptors (Lipinski definition) is 12. The fourth-order valence-corrected chi connectivity index (χ4v) is 16.6. The molecule has 4 rings (SSSR count). The Balaban J connectivity index is 1.88. The largest absolute Gasteiger partial charge is 0.481 e. The van der Waals surface area contributed by atoms with Gasteiger partial charge in [-0.25, -0.2) is 0 Å². The Bertz CT molecular complexity index is 2870. The van der Waals surface area contributed by atoms with Gasteiger partial charge in [-0.2, -0.15) is 46.7 Å². The van der Waals surface area contributed by atoms with Crippen LogP contribution in [0, 0.1) is 14.3 Å². The second-order valence-electron chi connectivity index (χ2n) is 13.0. The van der Waals surface area contributed by atoms with Gasteiger partial charge in [0.15, 0.2) is 11.6 Å². The number of benzene rings is 2. The first-order valence-corrected chi connectivity index (χ1v) is 27.4. The van der Waals surface area contributed by atoms with Gasteiger partial charge in [-0.1, -0.05) is 30.4 Å². The maximum absolute atomic E-state index is 12.7. The summed E-state index contributed by atoms with van der Waals surface area (Å²) in [5.41, 5.74) is -4.44. The smallest absolute Gasteiger partial charge is 0.326 e. The van der Waals surface area contributed by atoms with Gasteiger partial charge < -0.3 is 10.0 Å². The monoisotopic (exact) mass is 1360 g/mol. The molecule has 2 aromatic rings. The number of aliphatic carboxylic acids is 1. The summed E-state index contributed by atoms with van der Waals surface area (Å²) in [5.74, 6) is -4.85. The Morgan fingerprint density at radius 2 is 1.26 bits per heavy atom. The highest BCUT2D eigenvalue weighted by molar-refractivity contribution is 14.1. The molecule has 58 heavy (non-hydrogen) atoms. The number of carboxylic acids is 1. The van der Waals surface area contributed by atoms with Crippen LogP contribution in [0.15, 0.2) is 70.2 Å². The van der Waals surface area contributed by atoms with Crippen LogP contribution in [0.1, 0.15) is 31.4 Å². The molecule has 0 spiro atoms. The third kappa shape index (κ3) is 10.7. The van der Waals surface area contributed by atoms with E-state index in [4.69, 9.17) is 0 Å². The van der Waals surface area contributed by atoms with Gasteiger partial charge in [-0.3, -0.25) is 27.6 Å². The maximum Gasteiger partial charge on any atom is 0.326 e. The van der Waals surface area contributed by atoms with Crippen LogP contribution in [0.4, 0.5) is 11.4 Å². The second-order valence-corrected chi connectivity index (χ2v) is 24.5. The molecule has 0 fully saturated rings. The summed E-state index contributed by atoms with van der Waals surface area (Å²) in [6, 6.07) is 2.53. The lowest BCUT2D eigenvalue weighted by Crippen LogP contribution is -2.37. The summed E-state index contributed by atoms with van der Waals surface area (Å²) in [5, 5.41) is 9.89. The molecule has 0 amide bonds. The summed E-state index contributed by atoms with van der Waals surface area (Å²) in [7, 11) is -24.6. The molecule has 2 atom stereocenters. The molecule has 0 aromatic heterocycles. The summed E-state index contributed by atoms with van der Waals surface area (Å²) < 4.78 is 174. The van der Waals surface area contributed by atoms with Crippen LogP contribution in [-0.2, 0) is 66.2 Å². The van der Waals surface area contributed by atoms with Gasteiger partial charge >= 0.3 is 16.1 Å². The zero-order valence-electron chi connectivity index (χ0n) is 29.1. The number of nitrogens with zero attached hydrogens (tertiary/aromatic N) is 2. The quantitative estimate of drug-likeness (QED) is 0.0663. The van der Waals surface area contributed by atoms with Crippen molar-refractivity contribution >= 4 is 164 Å². The summed E-state index contributed by atoms with van der Waals surface area (Å²) >= 11 is 6.52. The van der Waals surface area contributed by atoms with Gasteiger partial charge in [0.05, 0.1) is 28.6 Å². The Morgan fingerprint density at radius 1 is 0.707 bits per heavy atom. The molecular formula is C30H29I4N2O17S5+. The zero-order chi connectivity index (χ0) is 44.4. The van der Waals surface area contributed by atoms with E-state index in [1.54, 1.807) is 90.4 Å². The Morgan fingerprint density at radius 3 is 1.76 bits per heavy atom. The molecule has 0 bridgehead atoms. The number of halogens is 4. The van der Waals surface area contributed by atoms with Crippen LogP contribution < -0.4 is 4.90 Å². The molecule has 0 radical (unpaired) electrons. The molecule has 318 valence electrons. The van der Waals surface area contributed by atoms with E-state index < -0.39 is 101 Å². The molecule has 6 N–H and O–H groups in total. The molecule has 2 aromatic carbocycles. The van der Waals surface area contributed by atoms with E-state index in [2.05, 4.69) is 0 Å². The van der Waals surface area contributed by atoms with Gasteiger partial charge in [-0.05, 0) is 116 Å². The molecule has 28 heteroatoms. The molecule has 2 aliphatic rings. The van der Waals surface area contributed by atoms with E-state index >= 15 is 0 Å². The number of carboxylic acid groups (broad SMARTS) is 1. The lowest BCUT2D eigenvalue weighted by atomic mass is 9.76. The predicted molar refractivity (Wildman–Crippen MR) is 242 cm³/mol. The van der Waals surface area contributed by atoms with Gasteiger partial charge in [-0.15, -0.1) is 0 Å². The van der Waals surface area contributed by atoms with E-state index in [1.807, 2.05) is 0 Å². The van der Waals surface area contributed by atoms with Crippen LogP contribution in [-0.4, -0.2) is 104 Å². The lowest BCUT2D eigenvalue weighted by Gasteiger charge is -2.29. The Kier molecular flexibility index (Phi) is 14.6. The number of anilines is 1. The van der Waals surface area contributed by atoms with Crippen LogP contribution in [0.25, 0.3) is 0 Å². The molecule has 2 aliphatic heterocycles. The minimum atomic E-state index is -5.12. The van der Waals surface area contributed by atoms with Gasteiger partial charge in [0.25, 0.3) is 46.3 Å². The van der Waals surface area contributed by atoms with Crippen molar-refractivity contribution in [2.24, 2.45) is 0 Å². The van der Waals surface area contributed by atoms with Crippen molar-refractivity contribution in [3.8, 4) is 0 Å². The first kappa shape index (κ1) is 49.5. The molecule has 19 nitrogen and oxygen atoms in total. The van der Waals surface area contributed by atoms with Gasteiger partial charge in [0, 0.05) is 43.4 Å². The fraction of sp³-hybridized carbons (Fsp3) is 0.267. The average Bonchev–Trinajstić information content (AvgIpc) is 3.32. The molecule has 0 aliphatic carbocycles. The SMILES string of the molecule is CC1(CC(=O)O)C(C=CC=CC=CC=C2N(CS(=O)(=O)O)c3cc(I)c(I)c(S(=O)(=O)O)c3C2(C)CS(=O)(=O)O)=[N+](CS(=O)(=O)O)c2cc(I)c(S(=O)(=O)O)c(I)c21. The number of allylic oxidation sites excluding steroid dienone is 8. The van der Waals surface area contributed by atoms with E-state index in [-0.39, 0.29) is 48.2 Å². The first-order chi connectivity index (χ1) is 26.1. The van der Waals surface area contributed by atoms with E-state index in [1.165, 1.54) is 68.5 Å². The average molecular weight is 1360 g/mol. The van der Waals surface area contributed by atoms with Crippen molar-refractivity contribution in [2.45, 2.75) is 40.9 Å². The van der Waals surface area contributed by atoms with Crippen molar-refractivity contribution < 1.29 is 79.3 Å². The van der Waals surface area contributed by atoms with E-state index in [0.29, 0.717) is 0 Å². The van der Waals surface area contributed by atoms with Crippen molar-refractivity contribution in [2.75, 3.05) is 22.4 Å². The van der Waals surface area contributed by atoms with E-state index in [0.717, 1.165) is 9.48 Å². The standard InChI is InChI=1S/C30H28I4N2O17S5/c1-29(12-22(37)38)20(35(14-55(42,43)44)18-11-17(32)27(57(48,49)50)26(34)23(18)29)8-6-4-3-5-7-9-21-30(2,13-54(39,40)41)24-19(36(21)15-56(45,46)47)10-16(31)25(33)28(24)58(51,52)53/h3-11H,12-15H2,1-2H3,(H5-,37,38,39,40,41,42,43,44,45,46,47,48,49,50,51,52,53)/p+1. The molecule has 2 unspecified atom stereocenters. The third-order valence-corrected chi connectivity index (χ3v) is 18.7. The summed E-state index contributed by atoms with van der Waals surface area (Å²) in [6.07, 6.45) is 8.39. The highest BCUT2D eigenvalue weighted by Crippen LogP contribution is 2.53. The number of hydrogen-bond donors (Lipinski definition) is 6. The number of carbonyl (C=O) groups is 1. The first-order valence-electron chi connectivity index (χ1n) is 15.4. The topological polar surface area (TPSA) is 315 Å². The lowest BCUT2D eigenvalue weighted by molar-refractivity contribution is -0.416. The van der Waals surface area contributed by atoms with E-state index in [9.17, 15) is 74.8 Å². The third-order valence-electron chi connectivity index (χ3n) is 8.74. The second kappa shape index (κ2) is 17.2. The highest BCUT2D eigenvalue weighted by atomic mass is 127. The minimum Gasteiger partial charge on any atom is -0.481 e. The molecule has 2 heterocycles. The zero-order valence-corrected chi connectivity index (χ0v) is 41.9. The van der Waals surface area contributed by atoms with Crippen LogP contribution >= 0.6 is 90.4 Å². The Hall–Kier alpha value is -1.19. The van der Waals surface area contributed by atoms with Crippen LogP contribution in [0.5, 0.6) is 0 Å². The summed E-state index contributed by atoms with van der Waals surface area (Å²) in [6.45, 7) is 2.59. The molecule has 0 saturated carbocycles. The Labute approximate surface area is 387 Å².